The Bertz CT molecular complexity index is 1060. The van der Waals surface area contributed by atoms with Crippen LogP contribution >= 0.6 is 0 Å². The van der Waals surface area contributed by atoms with Crippen molar-refractivity contribution in [2.75, 3.05) is 23.7 Å². The maximum Gasteiger partial charge on any atom is 0.416 e. The Morgan fingerprint density at radius 3 is 2.18 bits per heavy atom. The number of hydrogen-bond acceptors (Lipinski definition) is 4. The van der Waals surface area contributed by atoms with Gasteiger partial charge < -0.3 is 10.1 Å². The smallest absolute Gasteiger partial charge is 0.416 e. The number of carbonyl (C=O) groups excluding carboxylic acids is 1. The van der Waals surface area contributed by atoms with Crippen molar-refractivity contribution in [2.45, 2.75) is 45.3 Å². The average molecular weight is 487 g/mol. The van der Waals surface area contributed by atoms with Crippen molar-refractivity contribution in [2.24, 2.45) is 0 Å². The number of sulfonamides is 1. The van der Waals surface area contributed by atoms with Crippen LogP contribution in [0.15, 0.2) is 48.5 Å². The molecule has 0 aliphatic carbocycles. The topological polar surface area (TPSA) is 75.7 Å². The van der Waals surface area contributed by atoms with Crippen LogP contribution < -0.4 is 14.4 Å². The first-order valence-electron chi connectivity index (χ1n) is 10.3. The number of amides is 1. The van der Waals surface area contributed by atoms with Crippen molar-refractivity contribution in [1.82, 2.24) is 5.32 Å². The molecule has 0 fully saturated rings. The van der Waals surface area contributed by atoms with Gasteiger partial charge in [0.15, 0.2) is 0 Å². The Balaban J connectivity index is 2.02. The number of nitrogens with zero attached hydrogens (tertiary/aromatic N) is 1. The molecule has 0 bridgehead atoms. The van der Waals surface area contributed by atoms with Crippen LogP contribution in [0.4, 0.5) is 18.9 Å². The lowest BCUT2D eigenvalue weighted by atomic mass is 9.87. The van der Waals surface area contributed by atoms with Crippen LogP contribution in [-0.2, 0) is 26.4 Å². The van der Waals surface area contributed by atoms with Gasteiger partial charge in [-0.25, -0.2) is 8.42 Å². The number of anilines is 1. The maximum absolute atomic E-state index is 13.1. The van der Waals surface area contributed by atoms with E-state index in [0.29, 0.717) is 16.1 Å². The van der Waals surface area contributed by atoms with Gasteiger partial charge in [-0.05, 0) is 48.2 Å². The van der Waals surface area contributed by atoms with Gasteiger partial charge in [-0.1, -0.05) is 39.0 Å². The highest BCUT2D eigenvalue weighted by molar-refractivity contribution is 7.92. The molecule has 0 saturated carbocycles. The second-order valence-electron chi connectivity index (χ2n) is 8.70. The zero-order valence-corrected chi connectivity index (χ0v) is 20.0. The molecule has 0 saturated heterocycles. The predicted molar refractivity (Wildman–Crippen MR) is 122 cm³/mol. The highest BCUT2D eigenvalue weighted by Gasteiger charge is 2.34. The molecule has 2 aromatic carbocycles. The first-order chi connectivity index (χ1) is 15.1. The molecule has 0 unspecified atom stereocenters. The molecule has 0 spiro atoms. The molecule has 0 radical (unpaired) electrons. The number of nitrogens with one attached hydrogen (secondary N) is 1. The molecule has 10 heteroatoms. The lowest BCUT2D eigenvalue weighted by molar-refractivity contribution is -0.137. The van der Waals surface area contributed by atoms with Crippen LogP contribution in [0.1, 0.15) is 38.8 Å². The van der Waals surface area contributed by atoms with Crippen LogP contribution in [0.25, 0.3) is 0 Å². The molecule has 2 rings (SSSR count). The van der Waals surface area contributed by atoms with E-state index < -0.39 is 33.7 Å². The van der Waals surface area contributed by atoms with E-state index in [0.717, 1.165) is 24.0 Å². The standard InChI is InChI=1S/C23H29F3N2O4S/c1-16(28(33(5,30)31)19-8-6-7-18(15-19)23(24,25)26)21(29)27-13-14-32-20-11-9-17(10-12-20)22(2,3)4/h6-12,15-16H,13-14H2,1-5H3,(H,27,29)/t16-/m1/s1. The number of alkyl halides is 3. The molecule has 0 aliphatic rings. The van der Waals surface area contributed by atoms with Crippen molar-refractivity contribution in [3.63, 3.8) is 0 Å². The van der Waals surface area contributed by atoms with Gasteiger partial charge in [0.25, 0.3) is 0 Å². The van der Waals surface area contributed by atoms with Crippen molar-refractivity contribution in [1.29, 1.82) is 0 Å². The van der Waals surface area contributed by atoms with Crippen LogP contribution in [0.5, 0.6) is 5.75 Å². The fourth-order valence-electron chi connectivity index (χ4n) is 3.17. The Labute approximate surface area is 192 Å². The van der Waals surface area contributed by atoms with Crippen LogP contribution in [0.2, 0.25) is 0 Å². The van der Waals surface area contributed by atoms with Crippen LogP contribution in [-0.4, -0.2) is 39.8 Å². The summed E-state index contributed by atoms with van der Waals surface area (Å²) in [7, 11) is -4.04. The molecular weight excluding hydrogens is 457 g/mol. The van der Waals surface area contributed by atoms with Crippen LogP contribution in [0.3, 0.4) is 0 Å². The summed E-state index contributed by atoms with van der Waals surface area (Å²) in [4.78, 5) is 12.6. The molecule has 182 valence electrons. The van der Waals surface area contributed by atoms with Gasteiger partial charge in [0, 0.05) is 0 Å². The molecule has 0 aromatic heterocycles. The van der Waals surface area contributed by atoms with Gasteiger partial charge in [0.1, 0.15) is 18.4 Å². The first kappa shape index (κ1) is 26.5. The van der Waals surface area contributed by atoms with Crippen molar-refractivity contribution >= 4 is 21.6 Å². The second-order valence-corrected chi connectivity index (χ2v) is 10.6. The highest BCUT2D eigenvalue weighted by atomic mass is 32.2. The van der Waals surface area contributed by atoms with Gasteiger partial charge in [-0.2, -0.15) is 13.2 Å². The van der Waals surface area contributed by atoms with E-state index in [1.165, 1.54) is 13.0 Å². The maximum atomic E-state index is 13.1. The molecule has 33 heavy (non-hydrogen) atoms. The largest absolute Gasteiger partial charge is 0.492 e. The predicted octanol–water partition coefficient (Wildman–Crippen LogP) is 4.35. The third-order valence-corrected chi connectivity index (χ3v) is 6.15. The minimum Gasteiger partial charge on any atom is -0.492 e. The van der Waals surface area contributed by atoms with Crippen LogP contribution in [0, 0.1) is 0 Å². The van der Waals surface area contributed by atoms with Crippen molar-refractivity contribution in [3.05, 3.63) is 59.7 Å². The van der Waals surface area contributed by atoms with E-state index in [1.807, 2.05) is 24.3 Å². The molecule has 0 aliphatic heterocycles. The van der Waals surface area contributed by atoms with E-state index in [9.17, 15) is 26.4 Å². The number of rotatable bonds is 8. The SMILES string of the molecule is C[C@H](C(=O)NCCOc1ccc(C(C)(C)C)cc1)N(c1cccc(C(F)(F)F)c1)S(C)(=O)=O. The lowest BCUT2D eigenvalue weighted by Gasteiger charge is -2.28. The normalized spacial score (nSPS) is 13.3. The number of hydrogen-bond donors (Lipinski definition) is 1. The molecule has 1 atom stereocenters. The van der Waals surface area contributed by atoms with Crippen molar-refractivity contribution < 1.29 is 31.1 Å². The third-order valence-electron chi connectivity index (χ3n) is 4.91. The summed E-state index contributed by atoms with van der Waals surface area (Å²) in [5.41, 5.74) is -0.0990. The van der Waals surface area contributed by atoms with E-state index in [-0.39, 0.29) is 24.3 Å². The summed E-state index contributed by atoms with van der Waals surface area (Å²) in [5, 5.41) is 2.56. The Hall–Kier alpha value is -2.75. The zero-order valence-electron chi connectivity index (χ0n) is 19.2. The quantitative estimate of drug-likeness (QED) is 0.563. The van der Waals surface area contributed by atoms with Gasteiger partial charge in [-0.15, -0.1) is 0 Å². The number of halogens is 3. The molecule has 0 heterocycles. The van der Waals surface area contributed by atoms with Crippen molar-refractivity contribution in [3.8, 4) is 5.75 Å². The van der Waals surface area contributed by atoms with E-state index >= 15 is 0 Å². The van der Waals surface area contributed by atoms with E-state index in [1.54, 1.807) is 0 Å². The molecule has 1 amide bonds. The fraction of sp³-hybridized carbons (Fsp3) is 0.435. The highest BCUT2D eigenvalue weighted by Crippen LogP contribution is 2.32. The Morgan fingerprint density at radius 2 is 1.67 bits per heavy atom. The van der Waals surface area contributed by atoms with Gasteiger partial charge in [-0.3, -0.25) is 9.10 Å². The third kappa shape index (κ3) is 7.38. The Kier molecular flexibility index (Phi) is 8.05. The summed E-state index contributed by atoms with van der Waals surface area (Å²) in [6.07, 6.45) is -3.81. The Morgan fingerprint density at radius 1 is 1.06 bits per heavy atom. The monoisotopic (exact) mass is 486 g/mol. The molecule has 1 N–H and O–H groups in total. The van der Waals surface area contributed by atoms with Gasteiger partial charge in [0.05, 0.1) is 24.1 Å². The van der Waals surface area contributed by atoms with Gasteiger partial charge in [0.2, 0.25) is 15.9 Å². The van der Waals surface area contributed by atoms with Gasteiger partial charge >= 0.3 is 6.18 Å². The molecule has 2 aromatic rings. The number of benzene rings is 2. The average Bonchev–Trinajstić information content (AvgIpc) is 2.69. The summed E-state index contributed by atoms with van der Waals surface area (Å²) >= 11 is 0. The zero-order chi connectivity index (χ0) is 25.0. The molecular formula is C23H29F3N2O4S. The van der Waals surface area contributed by atoms with E-state index in [2.05, 4.69) is 26.1 Å². The number of ether oxygens (including phenoxy) is 1. The minimum absolute atomic E-state index is 0.00769. The number of carbonyl (C=O) groups is 1. The molecule has 6 nitrogen and oxygen atoms in total. The summed E-state index contributed by atoms with van der Waals surface area (Å²) in [5.74, 6) is -0.0449. The van der Waals surface area contributed by atoms with E-state index in [4.69, 9.17) is 4.74 Å². The first-order valence-corrected chi connectivity index (χ1v) is 12.1. The lowest BCUT2D eigenvalue weighted by Crippen LogP contribution is -2.48. The second kappa shape index (κ2) is 10.0. The summed E-state index contributed by atoms with van der Waals surface area (Å²) in [6, 6.07) is 10.1. The fourth-order valence-corrected chi connectivity index (χ4v) is 4.34. The summed E-state index contributed by atoms with van der Waals surface area (Å²) in [6.45, 7) is 7.82. The minimum atomic E-state index is -4.65. The summed E-state index contributed by atoms with van der Waals surface area (Å²) < 4.78 is 70.0.